The predicted octanol–water partition coefficient (Wildman–Crippen LogP) is 2.43. The third kappa shape index (κ3) is 2.14. The number of hydrogen-bond donors (Lipinski definition) is 2. The third-order valence-corrected chi connectivity index (χ3v) is 3.21. The summed E-state index contributed by atoms with van der Waals surface area (Å²) in [6, 6.07) is 7.80. The van der Waals surface area contributed by atoms with Crippen molar-refractivity contribution in [1.29, 1.82) is 0 Å². The molecule has 0 radical (unpaired) electrons. The lowest BCUT2D eigenvalue weighted by Crippen LogP contribution is -2.19. The maximum Gasteiger partial charge on any atom is 0.308 e. The van der Waals surface area contributed by atoms with Crippen LogP contribution in [0.4, 0.5) is 5.00 Å². The average molecular weight is 236 g/mol. The van der Waals surface area contributed by atoms with Crippen LogP contribution in [0.1, 0.15) is 6.92 Å². The van der Waals surface area contributed by atoms with Crippen LogP contribution in [-0.2, 0) is 4.79 Å². The fraction of sp³-hybridized carbons (Fsp3) is 0.273. The summed E-state index contributed by atoms with van der Waals surface area (Å²) in [6.07, 6.45) is 0. The van der Waals surface area contributed by atoms with Crippen molar-refractivity contribution in [3.05, 3.63) is 24.3 Å². The lowest BCUT2D eigenvalue weighted by Gasteiger charge is -2.07. The molecule has 0 fully saturated rings. The van der Waals surface area contributed by atoms with E-state index in [-0.39, 0.29) is 0 Å². The van der Waals surface area contributed by atoms with E-state index in [0.29, 0.717) is 6.54 Å². The summed E-state index contributed by atoms with van der Waals surface area (Å²) in [5, 5.41) is 13.9. The molecule has 0 saturated carbocycles. The number of aliphatic carboxylic acids is 1. The number of anilines is 1. The molecule has 0 bridgehead atoms. The SMILES string of the molecule is CC(CNc1snc2ccccc12)C(=O)O. The normalized spacial score (nSPS) is 12.6. The van der Waals surface area contributed by atoms with Gasteiger partial charge in [0.05, 0.1) is 11.4 Å². The number of carbonyl (C=O) groups is 1. The maximum atomic E-state index is 10.7. The van der Waals surface area contributed by atoms with Crippen LogP contribution in [0.25, 0.3) is 10.9 Å². The molecule has 1 unspecified atom stereocenters. The summed E-state index contributed by atoms with van der Waals surface area (Å²) in [5.41, 5.74) is 0.943. The smallest absolute Gasteiger partial charge is 0.308 e. The van der Waals surface area contributed by atoms with Gasteiger partial charge in [-0.3, -0.25) is 4.79 Å². The second-order valence-electron chi connectivity index (χ2n) is 3.65. The molecule has 2 rings (SSSR count). The van der Waals surface area contributed by atoms with E-state index in [1.165, 1.54) is 11.5 Å². The first-order valence-corrected chi connectivity index (χ1v) is 5.77. The molecule has 1 aromatic heterocycles. The average Bonchev–Trinajstić information content (AvgIpc) is 2.69. The van der Waals surface area contributed by atoms with E-state index in [9.17, 15) is 4.79 Å². The number of carboxylic acids is 1. The number of nitrogens with zero attached hydrogens (tertiary/aromatic N) is 1. The Morgan fingerprint density at radius 3 is 3.06 bits per heavy atom. The van der Waals surface area contributed by atoms with Crippen LogP contribution in [0.5, 0.6) is 0 Å². The Kier molecular flexibility index (Phi) is 3.05. The van der Waals surface area contributed by atoms with Crippen LogP contribution in [0.2, 0.25) is 0 Å². The molecule has 0 saturated heterocycles. The highest BCUT2D eigenvalue weighted by atomic mass is 32.1. The van der Waals surface area contributed by atoms with E-state index in [4.69, 9.17) is 5.11 Å². The molecule has 16 heavy (non-hydrogen) atoms. The summed E-state index contributed by atoms with van der Waals surface area (Å²) in [6.45, 7) is 2.10. The number of carboxylic acid groups (broad SMARTS) is 1. The molecule has 1 heterocycles. The Bertz CT molecular complexity index is 509. The molecule has 4 nitrogen and oxygen atoms in total. The minimum atomic E-state index is -0.790. The van der Waals surface area contributed by atoms with Crippen molar-refractivity contribution in [3.63, 3.8) is 0 Å². The van der Waals surface area contributed by atoms with Crippen LogP contribution >= 0.6 is 11.5 Å². The number of aromatic nitrogens is 1. The van der Waals surface area contributed by atoms with E-state index in [1.54, 1.807) is 6.92 Å². The van der Waals surface area contributed by atoms with Gasteiger partial charge in [0, 0.05) is 11.9 Å². The van der Waals surface area contributed by atoms with Crippen molar-refractivity contribution in [2.45, 2.75) is 6.92 Å². The molecule has 5 heteroatoms. The summed E-state index contributed by atoms with van der Waals surface area (Å²) in [5.74, 6) is -1.19. The summed E-state index contributed by atoms with van der Waals surface area (Å²) in [4.78, 5) is 10.7. The van der Waals surface area contributed by atoms with E-state index in [1.807, 2.05) is 24.3 Å². The van der Waals surface area contributed by atoms with Gasteiger partial charge in [-0.25, -0.2) is 0 Å². The Hall–Kier alpha value is -1.62. The van der Waals surface area contributed by atoms with Gasteiger partial charge in [-0.05, 0) is 23.7 Å². The molecule has 0 aliphatic carbocycles. The maximum absolute atomic E-state index is 10.7. The molecule has 2 N–H and O–H groups in total. The van der Waals surface area contributed by atoms with Crippen molar-refractivity contribution in [3.8, 4) is 0 Å². The number of hydrogen-bond acceptors (Lipinski definition) is 4. The Morgan fingerprint density at radius 2 is 2.31 bits per heavy atom. The van der Waals surface area contributed by atoms with Crippen molar-refractivity contribution in [2.75, 3.05) is 11.9 Å². The monoisotopic (exact) mass is 236 g/mol. The molecule has 84 valence electrons. The van der Waals surface area contributed by atoms with Crippen molar-refractivity contribution >= 4 is 33.4 Å². The van der Waals surface area contributed by atoms with E-state index < -0.39 is 11.9 Å². The second-order valence-corrected chi connectivity index (χ2v) is 4.42. The number of benzene rings is 1. The molecule has 0 spiro atoms. The van der Waals surface area contributed by atoms with Gasteiger partial charge in [0.2, 0.25) is 0 Å². The van der Waals surface area contributed by atoms with E-state index in [2.05, 4.69) is 9.69 Å². The predicted molar refractivity (Wildman–Crippen MR) is 64.9 cm³/mol. The van der Waals surface area contributed by atoms with Crippen LogP contribution in [0.3, 0.4) is 0 Å². The highest BCUT2D eigenvalue weighted by Crippen LogP contribution is 2.27. The largest absolute Gasteiger partial charge is 0.481 e. The van der Waals surface area contributed by atoms with Gasteiger partial charge in [-0.2, -0.15) is 4.37 Å². The van der Waals surface area contributed by atoms with Gasteiger partial charge in [0.15, 0.2) is 0 Å². The zero-order valence-corrected chi connectivity index (χ0v) is 9.62. The Morgan fingerprint density at radius 1 is 1.56 bits per heavy atom. The summed E-state index contributed by atoms with van der Waals surface area (Å²) < 4.78 is 4.27. The molecule has 2 aromatic rings. The van der Waals surface area contributed by atoms with Gasteiger partial charge >= 0.3 is 5.97 Å². The van der Waals surface area contributed by atoms with E-state index in [0.717, 1.165) is 15.9 Å². The molecule has 0 aliphatic rings. The van der Waals surface area contributed by atoms with Crippen molar-refractivity contribution < 1.29 is 9.90 Å². The van der Waals surface area contributed by atoms with Gasteiger partial charge < -0.3 is 10.4 Å². The Balaban J connectivity index is 2.13. The number of nitrogens with one attached hydrogen (secondary N) is 1. The second kappa shape index (κ2) is 4.49. The lowest BCUT2D eigenvalue weighted by atomic mass is 10.2. The lowest BCUT2D eigenvalue weighted by molar-refractivity contribution is -0.140. The van der Waals surface area contributed by atoms with E-state index >= 15 is 0 Å². The van der Waals surface area contributed by atoms with Crippen molar-refractivity contribution in [2.24, 2.45) is 5.92 Å². The van der Waals surface area contributed by atoms with Crippen LogP contribution < -0.4 is 5.32 Å². The van der Waals surface area contributed by atoms with Gasteiger partial charge in [0.25, 0.3) is 0 Å². The fourth-order valence-corrected chi connectivity index (χ4v) is 2.12. The van der Waals surface area contributed by atoms with Crippen LogP contribution in [0, 0.1) is 5.92 Å². The molecule has 0 aliphatic heterocycles. The minimum absolute atomic E-state index is 0.402. The van der Waals surface area contributed by atoms with Crippen LogP contribution in [-0.4, -0.2) is 22.0 Å². The molecule has 1 atom stereocenters. The molecular formula is C11H12N2O2S. The topological polar surface area (TPSA) is 62.2 Å². The third-order valence-electron chi connectivity index (χ3n) is 2.37. The number of rotatable bonds is 4. The molecule has 1 aromatic carbocycles. The van der Waals surface area contributed by atoms with Crippen molar-refractivity contribution in [1.82, 2.24) is 4.37 Å². The summed E-state index contributed by atoms with van der Waals surface area (Å²) >= 11 is 1.36. The van der Waals surface area contributed by atoms with Gasteiger partial charge in [0.1, 0.15) is 5.00 Å². The fourth-order valence-electron chi connectivity index (χ4n) is 1.35. The van der Waals surface area contributed by atoms with Gasteiger partial charge in [-0.15, -0.1) is 0 Å². The number of fused-ring (bicyclic) bond motifs is 1. The molecular weight excluding hydrogens is 224 g/mol. The first-order valence-electron chi connectivity index (χ1n) is 4.99. The van der Waals surface area contributed by atoms with Crippen LogP contribution in [0.15, 0.2) is 24.3 Å². The molecule has 0 amide bonds. The summed E-state index contributed by atoms with van der Waals surface area (Å²) in [7, 11) is 0. The van der Waals surface area contributed by atoms with Gasteiger partial charge in [-0.1, -0.05) is 19.1 Å². The Labute approximate surface area is 97.1 Å². The zero-order chi connectivity index (χ0) is 11.5. The minimum Gasteiger partial charge on any atom is -0.481 e. The first-order chi connectivity index (χ1) is 7.68. The highest BCUT2D eigenvalue weighted by molar-refractivity contribution is 7.11. The standard InChI is InChI=1S/C11H12N2O2S/c1-7(11(14)15)6-12-10-8-4-2-3-5-9(8)13-16-10/h2-5,7,12H,6H2,1H3,(H,14,15). The highest BCUT2D eigenvalue weighted by Gasteiger charge is 2.12. The quantitative estimate of drug-likeness (QED) is 0.855. The zero-order valence-electron chi connectivity index (χ0n) is 8.80. The first kappa shape index (κ1) is 10.9.